The molecule has 2 fully saturated rings. The lowest BCUT2D eigenvalue weighted by atomic mass is 10.2. The maximum atomic E-state index is 12.3. The first-order valence-corrected chi connectivity index (χ1v) is 6.95. The van der Waals surface area contributed by atoms with Gasteiger partial charge in [-0.2, -0.15) is 0 Å². The summed E-state index contributed by atoms with van der Waals surface area (Å²) in [5.41, 5.74) is 0. The van der Waals surface area contributed by atoms with Crippen LogP contribution in [0.3, 0.4) is 0 Å². The zero-order chi connectivity index (χ0) is 14.0. The number of carboxylic acid groups (broad SMARTS) is 1. The topological polar surface area (TPSA) is 64.1 Å². The van der Waals surface area contributed by atoms with Crippen LogP contribution in [0.25, 0.3) is 0 Å². The molecule has 1 unspecified atom stereocenters. The Bertz CT molecular complexity index is 361. The van der Waals surface area contributed by atoms with Gasteiger partial charge in [-0.1, -0.05) is 0 Å². The molecular weight excluding hydrogens is 246 g/mol. The van der Waals surface area contributed by atoms with Crippen LogP contribution < -0.4 is 0 Å². The molecule has 2 saturated heterocycles. The number of carboxylic acids is 1. The van der Waals surface area contributed by atoms with Crippen LogP contribution in [0.4, 0.5) is 4.79 Å². The Morgan fingerprint density at radius 1 is 1.26 bits per heavy atom. The molecule has 0 spiro atoms. The van der Waals surface area contributed by atoms with Crippen molar-refractivity contribution in [2.75, 3.05) is 33.7 Å². The maximum absolute atomic E-state index is 12.3. The number of nitrogens with zero attached hydrogens (tertiary/aromatic N) is 3. The Morgan fingerprint density at radius 3 is 2.53 bits per heavy atom. The number of carbonyl (C=O) groups is 2. The average molecular weight is 269 g/mol. The van der Waals surface area contributed by atoms with Gasteiger partial charge in [0.25, 0.3) is 0 Å². The molecule has 0 radical (unpaired) electrons. The summed E-state index contributed by atoms with van der Waals surface area (Å²) in [4.78, 5) is 28.9. The van der Waals surface area contributed by atoms with E-state index < -0.39 is 12.0 Å². The standard InChI is InChI=1S/C13H23N3O3/c1-14-7-3-5-10(14)9-15(2)13(19)16-8-4-6-11(16)12(17)18/h10-11H,3-9H2,1-2H3,(H,17,18)/t10?,11-/m0/s1. The van der Waals surface area contributed by atoms with Gasteiger partial charge < -0.3 is 19.8 Å². The third-order valence-electron chi connectivity index (χ3n) is 4.27. The van der Waals surface area contributed by atoms with Crippen molar-refractivity contribution in [1.29, 1.82) is 0 Å². The Balaban J connectivity index is 1.93. The zero-order valence-corrected chi connectivity index (χ0v) is 11.7. The van der Waals surface area contributed by atoms with E-state index in [0.717, 1.165) is 19.4 Å². The first-order chi connectivity index (χ1) is 9.00. The molecule has 2 aliphatic heterocycles. The van der Waals surface area contributed by atoms with Crippen LogP contribution in [0, 0.1) is 0 Å². The van der Waals surface area contributed by atoms with Crippen LogP contribution in [-0.4, -0.2) is 77.6 Å². The number of carbonyl (C=O) groups excluding carboxylic acids is 1. The molecule has 2 rings (SSSR count). The molecule has 2 aliphatic rings. The molecule has 0 aromatic heterocycles. The molecule has 2 heterocycles. The van der Waals surface area contributed by atoms with Crippen LogP contribution in [0.15, 0.2) is 0 Å². The Labute approximate surface area is 114 Å². The molecule has 0 aromatic carbocycles. The van der Waals surface area contributed by atoms with Crippen molar-refractivity contribution >= 4 is 12.0 Å². The number of hydrogen-bond acceptors (Lipinski definition) is 3. The van der Waals surface area contributed by atoms with Crippen LogP contribution in [0.1, 0.15) is 25.7 Å². The summed E-state index contributed by atoms with van der Waals surface area (Å²) < 4.78 is 0. The number of rotatable bonds is 3. The molecule has 6 nitrogen and oxygen atoms in total. The molecule has 6 heteroatoms. The maximum Gasteiger partial charge on any atom is 0.326 e. The van der Waals surface area contributed by atoms with E-state index >= 15 is 0 Å². The SMILES string of the molecule is CN(CC1CCCN1C)C(=O)N1CCC[C@H]1C(=O)O. The van der Waals surface area contributed by atoms with Gasteiger partial charge in [0.15, 0.2) is 0 Å². The van der Waals surface area contributed by atoms with Gasteiger partial charge in [0.05, 0.1) is 0 Å². The van der Waals surface area contributed by atoms with Gasteiger partial charge in [-0.05, 0) is 39.3 Å². The first kappa shape index (κ1) is 14.1. The van der Waals surface area contributed by atoms with Gasteiger partial charge >= 0.3 is 12.0 Å². The summed E-state index contributed by atoms with van der Waals surface area (Å²) in [6.07, 6.45) is 3.62. The van der Waals surface area contributed by atoms with E-state index in [4.69, 9.17) is 5.11 Å². The monoisotopic (exact) mass is 269 g/mol. The Kier molecular flexibility index (Phi) is 4.29. The van der Waals surface area contributed by atoms with Crippen LogP contribution in [0.5, 0.6) is 0 Å². The highest BCUT2D eigenvalue weighted by Crippen LogP contribution is 2.20. The van der Waals surface area contributed by atoms with E-state index in [0.29, 0.717) is 25.6 Å². The summed E-state index contributed by atoms with van der Waals surface area (Å²) in [7, 11) is 3.84. The summed E-state index contributed by atoms with van der Waals surface area (Å²) in [5, 5.41) is 9.12. The van der Waals surface area contributed by atoms with Crippen LogP contribution in [0.2, 0.25) is 0 Å². The lowest BCUT2D eigenvalue weighted by Gasteiger charge is -2.31. The van der Waals surface area contributed by atoms with E-state index in [9.17, 15) is 9.59 Å². The van der Waals surface area contributed by atoms with E-state index in [2.05, 4.69) is 11.9 Å². The lowest BCUT2D eigenvalue weighted by molar-refractivity contribution is -0.141. The van der Waals surface area contributed by atoms with Gasteiger partial charge in [-0.15, -0.1) is 0 Å². The molecule has 0 bridgehead atoms. The first-order valence-electron chi connectivity index (χ1n) is 6.95. The molecule has 0 aliphatic carbocycles. The minimum Gasteiger partial charge on any atom is -0.480 e. The molecule has 2 amide bonds. The van der Waals surface area contributed by atoms with Crippen molar-refractivity contribution in [1.82, 2.24) is 14.7 Å². The summed E-state index contributed by atoms with van der Waals surface area (Å²) in [5.74, 6) is -0.891. The van der Waals surface area contributed by atoms with E-state index in [1.165, 1.54) is 11.3 Å². The molecule has 0 saturated carbocycles. The molecule has 1 N–H and O–H groups in total. The third kappa shape index (κ3) is 3.00. The quantitative estimate of drug-likeness (QED) is 0.818. The van der Waals surface area contributed by atoms with Crippen molar-refractivity contribution in [3.05, 3.63) is 0 Å². The second kappa shape index (κ2) is 5.77. The number of aliphatic carboxylic acids is 1. The van der Waals surface area contributed by atoms with Crippen molar-refractivity contribution in [3.8, 4) is 0 Å². The lowest BCUT2D eigenvalue weighted by Crippen LogP contribution is -2.49. The van der Waals surface area contributed by atoms with Crippen LogP contribution in [-0.2, 0) is 4.79 Å². The van der Waals surface area contributed by atoms with E-state index in [1.807, 2.05) is 0 Å². The smallest absolute Gasteiger partial charge is 0.326 e. The van der Waals surface area contributed by atoms with Gasteiger partial charge in [0.1, 0.15) is 6.04 Å². The molecule has 108 valence electrons. The fourth-order valence-electron chi connectivity index (χ4n) is 3.08. The third-order valence-corrected chi connectivity index (χ3v) is 4.27. The zero-order valence-electron chi connectivity index (χ0n) is 11.7. The number of hydrogen-bond donors (Lipinski definition) is 1. The van der Waals surface area contributed by atoms with Gasteiger partial charge in [-0.25, -0.2) is 9.59 Å². The second-order valence-electron chi connectivity index (χ2n) is 5.63. The minimum atomic E-state index is -0.891. The number of likely N-dealkylation sites (tertiary alicyclic amines) is 2. The highest BCUT2D eigenvalue weighted by atomic mass is 16.4. The van der Waals surface area contributed by atoms with Crippen molar-refractivity contribution in [2.24, 2.45) is 0 Å². The number of likely N-dealkylation sites (N-methyl/N-ethyl adjacent to an activating group) is 2. The fraction of sp³-hybridized carbons (Fsp3) is 0.846. The Hall–Kier alpha value is -1.30. The van der Waals surface area contributed by atoms with Gasteiger partial charge in [0.2, 0.25) is 0 Å². The Morgan fingerprint density at radius 2 is 1.95 bits per heavy atom. The van der Waals surface area contributed by atoms with Gasteiger partial charge in [0, 0.05) is 26.2 Å². The molecule has 19 heavy (non-hydrogen) atoms. The second-order valence-corrected chi connectivity index (χ2v) is 5.63. The normalized spacial score (nSPS) is 27.8. The average Bonchev–Trinajstić information content (AvgIpc) is 2.98. The van der Waals surface area contributed by atoms with E-state index in [-0.39, 0.29) is 6.03 Å². The van der Waals surface area contributed by atoms with Crippen molar-refractivity contribution in [3.63, 3.8) is 0 Å². The fourth-order valence-corrected chi connectivity index (χ4v) is 3.08. The number of amides is 2. The van der Waals surface area contributed by atoms with Crippen molar-refractivity contribution in [2.45, 2.75) is 37.8 Å². The molecule has 2 atom stereocenters. The van der Waals surface area contributed by atoms with E-state index in [1.54, 1.807) is 11.9 Å². The van der Waals surface area contributed by atoms with Gasteiger partial charge in [-0.3, -0.25) is 0 Å². The predicted octanol–water partition coefficient (Wildman–Crippen LogP) is 0.681. The summed E-state index contributed by atoms with van der Waals surface area (Å²) in [6.45, 7) is 2.31. The predicted molar refractivity (Wildman–Crippen MR) is 71.0 cm³/mol. The largest absolute Gasteiger partial charge is 0.480 e. The summed E-state index contributed by atoms with van der Waals surface area (Å²) >= 11 is 0. The minimum absolute atomic E-state index is 0.148. The number of urea groups is 1. The highest BCUT2D eigenvalue weighted by molar-refractivity contribution is 5.83. The molecular formula is C13H23N3O3. The summed E-state index contributed by atoms with van der Waals surface area (Å²) in [6, 6.07) is -0.388. The highest BCUT2D eigenvalue weighted by Gasteiger charge is 2.36. The molecule has 0 aromatic rings. The van der Waals surface area contributed by atoms with Crippen molar-refractivity contribution < 1.29 is 14.7 Å². The van der Waals surface area contributed by atoms with Crippen LogP contribution >= 0.6 is 0 Å².